The maximum absolute atomic E-state index is 13.0. The van der Waals surface area contributed by atoms with Crippen LogP contribution in [0.4, 0.5) is 4.79 Å². The highest BCUT2D eigenvalue weighted by molar-refractivity contribution is 5.89. The van der Waals surface area contributed by atoms with Crippen molar-refractivity contribution in [2.75, 3.05) is 32.8 Å². The van der Waals surface area contributed by atoms with Gasteiger partial charge < -0.3 is 19.9 Å². The molecule has 0 aromatic heterocycles. The number of carbonyl (C=O) groups excluding carboxylic acids is 3. The summed E-state index contributed by atoms with van der Waals surface area (Å²) in [5.74, 6) is 0.695. The van der Waals surface area contributed by atoms with Gasteiger partial charge in [0.05, 0.1) is 6.61 Å². The van der Waals surface area contributed by atoms with Gasteiger partial charge >= 0.3 is 6.09 Å². The van der Waals surface area contributed by atoms with Gasteiger partial charge in [-0.2, -0.15) is 0 Å². The fraction of sp³-hybridized carbons (Fsp3) is 0.850. The first-order chi connectivity index (χ1) is 12.8. The lowest BCUT2D eigenvalue weighted by Crippen LogP contribution is -2.57. The average molecular weight is 382 g/mol. The standard InChI is InChI=1S/C20H35N3O4/c1-5-27-20(26)23-12-10-22(11-13-23)19(25)17(14(2)3)21-18(24)16-8-6-15(4)7-9-16/h14-17H,5-13H2,1-4H3,(H,21,24)/t15?,16?,17-/m1/s1. The van der Waals surface area contributed by atoms with E-state index in [0.717, 1.165) is 25.7 Å². The van der Waals surface area contributed by atoms with Gasteiger partial charge in [-0.1, -0.05) is 20.8 Å². The van der Waals surface area contributed by atoms with E-state index in [1.807, 2.05) is 13.8 Å². The van der Waals surface area contributed by atoms with Crippen molar-refractivity contribution in [1.82, 2.24) is 15.1 Å². The SMILES string of the molecule is CCOC(=O)N1CCN(C(=O)[C@H](NC(=O)C2CCC(C)CC2)C(C)C)CC1. The third kappa shape index (κ3) is 5.84. The van der Waals surface area contributed by atoms with Gasteiger partial charge in [0.25, 0.3) is 0 Å². The zero-order valence-corrected chi connectivity index (χ0v) is 17.2. The lowest BCUT2D eigenvalue weighted by Gasteiger charge is -2.37. The maximum atomic E-state index is 13.0. The van der Waals surface area contributed by atoms with Crippen LogP contribution in [-0.4, -0.2) is 66.5 Å². The molecule has 1 N–H and O–H groups in total. The largest absolute Gasteiger partial charge is 0.450 e. The summed E-state index contributed by atoms with van der Waals surface area (Å²) in [7, 11) is 0. The molecular formula is C20H35N3O4. The van der Waals surface area contributed by atoms with Crippen LogP contribution >= 0.6 is 0 Å². The Morgan fingerprint density at radius 2 is 1.56 bits per heavy atom. The molecule has 2 fully saturated rings. The van der Waals surface area contributed by atoms with Crippen molar-refractivity contribution in [2.45, 2.75) is 59.4 Å². The summed E-state index contributed by atoms with van der Waals surface area (Å²) in [6.07, 6.45) is 3.64. The normalized spacial score (nSPS) is 24.5. The zero-order valence-electron chi connectivity index (χ0n) is 17.2. The van der Waals surface area contributed by atoms with Crippen LogP contribution in [-0.2, 0) is 14.3 Å². The number of hydrogen-bond acceptors (Lipinski definition) is 4. The molecule has 7 nitrogen and oxygen atoms in total. The average Bonchev–Trinajstić information content (AvgIpc) is 2.66. The molecule has 2 rings (SSSR count). The number of piperazine rings is 1. The van der Waals surface area contributed by atoms with Gasteiger partial charge in [-0.3, -0.25) is 9.59 Å². The molecule has 1 atom stereocenters. The second kappa shape index (κ2) is 9.95. The smallest absolute Gasteiger partial charge is 0.409 e. The summed E-state index contributed by atoms with van der Waals surface area (Å²) in [5.41, 5.74) is 0. The molecule has 0 aromatic carbocycles. The molecular weight excluding hydrogens is 346 g/mol. The summed E-state index contributed by atoms with van der Waals surface area (Å²) >= 11 is 0. The molecule has 7 heteroatoms. The van der Waals surface area contributed by atoms with Gasteiger partial charge in [0, 0.05) is 32.1 Å². The van der Waals surface area contributed by atoms with Crippen LogP contribution in [0.1, 0.15) is 53.4 Å². The summed E-state index contributed by atoms with van der Waals surface area (Å²) in [6.45, 7) is 10.1. The maximum Gasteiger partial charge on any atom is 0.409 e. The van der Waals surface area contributed by atoms with E-state index in [1.165, 1.54) is 0 Å². The second-order valence-electron chi connectivity index (χ2n) is 8.20. The lowest BCUT2D eigenvalue weighted by molar-refractivity contribution is -0.140. The van der Waals surface area contributed by atoms with Crippen LogP contribution in [0.3, 0.4) is 0 Å². The summed E-state index contributed by atoms with van der Waals surface area (Å²) < 4.78 is 5.02. The predicted octanol–water partition coefficient (Wildman–Crippen LogP) is 2.25. The number of nitrogens with one attached hydrogen (secondary N) is 1. The van der Waals surface area contributed by atoms with Crippen molar-refractivity contribution >= 4 is 17.9 Å². The third-order valence-electron chi connectivity index (χ3n) is 5.73. The Labute approximate surface area is 162 Å². The Morgan fingerprint density at radius 3 is 2.07 bits per heavy atom. The van der Waals surface area contributed by atoms with E-state index in [1.54, 1.807) is 16.7 Å². The number of ether oxygens (including phenoxy) is 1. The number of nitrogens with zero attached hydrogens (tertiary/aromatic N) is 2. The van der Waals surface area contributed by atoms with Crippen LogP contribution in [0.2, 0.25) is 0 Å². The van der Waals surface area contributed by atoms with Crippen molar-refractivity contribution in [3.8, 4) is 0 Å². The van der Waals surface area contributed by atoms with E-state index < -0.39 is 6.04 Å². The molecule has 0 radical (unpaired) electrons. The van der Waals surface area contributed by atoms with E-state index in [-0.39, 0.29) is 29.7 Å². The summed E-state index contributed by atoms with van der Waals surface area (Å²) in [6, 6.07) is -0.508. The molecule has 1 aliphatic heterocycles. The van der Waals surface area contributed by atoms with Crippen LogP contribution in [0, 0.1) is 17.8 Å². The highest BCUT2D eigenvalue weighted by Gasteiger charge is 2.34. The zero-order chi connectivity index (χ0) is 20.0. The Bertz CT molecular complexity index is 521. The van der Waals surface area contributed by atoms with Crippen molar-refractivity contribution in [2.24, 2.45) is 17.8 Å². The van der Waals surface area contributed by atoms with E-state index in [2.05, 4.69) is 12.2 Å². The highest BCUT2D eigenvalue weighted by atomic mass is 16.6. The van der Waals surface area contributed by atoms with Gasteiger partial charge in [-0.15, -0.1) is 0 Å². The van der Waals surface area contributed by atoms with E-state index in [4.69, 9.17) is 4.74 Å². The Kier molecular flexibility index (Phi) is 7.92. The first-order valence-electron chi connectivity index (χ1n) is 10.3. The Hall–Kier alpha value is -1.79. The topological polar surface area (TPSA) is 79.0 Å². The van der Waals surface area contributed by atoms with E-state index in [0.29, 0.717) is 38.7 Å². The van der Waals surface area contributed by atoms with Crippen molar-refractivity contribution in [3.05, 3.63) is 0 Å². The Morgan fingerprint density at radius 1 is 1.00 bits per heavy atom. The molecule has 0 aromatic rings. The van der Waals surface area contributed by atoms with Gasteiger partial charge in [0.2, 0.25) is 11.8 Å². The molecule has 1 saturated heterocycles. The third-order valence-corrected chi connectivity index (χ3v) is 5.73. The van der Waals surface area contributed by atoms with Gasteiger partial charge in [0.1, 0.15) is 6.04 Å². The van der Waals surface area contributed by atoms with Gasteiger partial charge in [-0.25, -0.2) is 4.79 Å². The van der Waals surface area contributed by atoms with Crippen LogP contribution in [0.15, 0.2) is 0 Å². The summed E-state index contributed by atoms with van der Waals surface area (Å²) in [4.78, 5) is 40.8. The molecule has 27 heavy (non-hydrogen) atoms. The molecule has 0 bridgehead atoms. The minimum Gasteiger partial charge on any atom is -0.450 e. The van der Waals surface area contributed by atoms with Crippen molar-refractivity contribution in [1.29, 1.82) is 0 Å². The predicted molar refractivity (Wildman–Crippen MR) is 103 cm³/mol. The first-order valence-corrected chi connectivity index (χ1v) is 10.3. The van der Waals surface area contributed by atoms with Crippen molar-refractivity contribution < 1.29 is 19.1 Å². The van der Waals surface area contributed by atoms with Crippen molar-refractivity contribution in [3.63, 3.8) is 0 Å². The number of rotatable bonds is 5. The first kappa shape index (κ1) is 21.5. The fourth-order valence-electron chi connectivity index (χ4n) is 3.83. The van der Waals surface area contributed by atoms with Gasteiger partial charge in [0.15, 0.2) is 0 Å². The molecule has 0 spiro atoms. The molecule has 0 unspecified atom stereocenters. The molecule has 3 amide bonds. The second-order valence-corrected chi connectivity index (χ2v) is 8.20. The highest BCUT2D eigenvalue weighted by Crippen LogP contribution is 2.28. The molecule has 1 saturated carbocycles. The van der Waals surface area contributed by atoms with Crippen LogP contribution < -0.4 is 5.32 Å². The van der Waals surface area contributed by atoms with Gasteiger partial charge in [-0.05, 0) is 44.4 Å². The minimum absolute atomic E-state index is 0.0131. The van der Waals surface area contributed by atoms with E-state index >= 15 is 0 Å². The Balaban J connectivity index is 1.89. The lowest BCUT2D eigenvalue weighted by atomic mass is 9.82. The number of hydrogen-bond donors (Lipinski definition) is 1. The monoisotopic (exact) mass is 381 g/mol. The molecule has 1 aliphatic carbocycles. The molecule has 2 aliphatic rings. The quantitative estimate of drug-likeness (QED) is 0.792. The molecule has 154 valence electrons. The number of carbonyl (C=O) groups is 3. The minimum atomic E-state index is -0.508. The molecule has 1 heterocycles. The van der Waals surface area contributed by atoms with Crippen LogP contribution in [0.25, 0.3) is 0 Å². The summed E-state index contributed by atoms with van der Waals surface area (Å²) in [5, 5.41) is 3.02. The van der Waals surface area contributed by atoms with Crippen LogP contribution in [0.5, 0.6) is 0 Å². The fourth-order valence-corrected chi connectivity index (χ4v) is 3.83. The van der Waals surface area contributed by atoms with E-state index in [9.17, 15) is 14.4 Å². The number of amides is 3.